The third-order valence-corrected chi connectivity index (χ3v) is 3.73. The van der Waals surface area contributed by atoms with Crippen molar-refractivity contribution >= 4 is 47.8 Å². The van der Waals surface area contributed by atoms with Crippen LogP contribution >= 0.6 is 0 Å². The molecule has 0 aromatic heterocycles. The van der Waals surface area contributed by atoms with Gasteiger partial charge in [0, 0.05) is 39.3 Å². The number of carboxylic acid groups (broad SMARTS) is 8. The first kappa shape index (κ1) is 51.0. The average Bonchev–Trinajstić information content (AvgIpc) is 2.90. The van der Waals surface area contributed by atoms with Crippen LogP contribution in [-0.2, 0) is 38.4 Å². The van der Waals surface area contributed by atoms with Gasteiger partial charge in [0.1, 0.15) is 0 Å². The van der Waals surface area contributed by atoms with Gasteiger partial charge in [-0.1, -0.05) is 0 Å². The van der Waals surface area contributed by atoms with Crippen LogP contribution < -0.4 is 22.1 Å². The van der Waals surface area contributed by atoms with E-state index in [9.17, 15) is 38.4 Å². The number of hydrogen-bond acceptors (Lipinski definition) is 16. The summed E-state index contributed by atoms with van der Waals surface area (Å²) < 4.78 is 0. The van der Waals surface area contributed by atoms with Gasteiger partial charge in [0.25, 0.3) is 0 Å². The second kappa shape index (κ2) is 33.3. The van der Waals surface area contributed by atoms with Crippen molar-refractivity contribution in [1.82, 2.24) is 10.6 Å². The minimum Gasteiger partial charge on any atom is -0.481 e. The van der Waals surface area contributed by atoms with E-state index in [2.05, 4.69) is 10.6 Å². The third-order valence-electron chi connectivity index (χ3n) is 3.73. The number of hydrogen-bond donors (Lipinski definition) is 16. The van der Waals surface area contributed by atoms with Crippen LogP contribution in [0, 0.1) is 0 Å². The maximum atomic E-state index is 9.72. The molecule has 270 valence electrons. The van der Waals surface area contributed by atoms with Crippen molar-refractivity contribution in [2.75, 3.05) is 39.3 Å². The van der Waals surface area contributed by atoms with Gasteiger partial charge in [0.2, 0.25) is 0 Å². The second-order valence-corrected chi connectivity index (χ2v) is 7.88. The van der Waals surface area contributed by atoms with E-state index in [1.807, 2.05) is 0 Å². The molecule has 0 aromatic carbocycles. The molecule has 0 rings (SSSR count). The van der Waals surface area contributed by atoms with Crippen LogP contribution in [0.3, 0.4) is 0 Å². The third kappa shape index (κ3) is 49.1. The van der Waals surface area contributed by atoms with E-state index >= 15 is 0 Å². The highest BCUT2D eigenvalue weighted by Crippen LogP contribution is 1.91. The Morgan fingerprint density at radius 1 is 0.391 bits per heavy atom. The summed E-state index contributed by atoms with van der Waals surface area (Å²) in [5.74, 6) is -11.4. The monoisotopic (exact) mass is 682 g/mol. The highest BCUT2D eigenvalue weighted by Gasteiger charge is 2.18. The van der Waals surface area contributed by atoms with Crippen LogP contribution in [0.2, 0.25) is 0 Å². The van der Waals surface area contributed by atoms with Gasteiger partial charge in [-0.2, -0.15) is 0 Å². The maximum absolute atomic E-state index is 9.72. The predicted molar refractivity (Wildman–Crippen MR) is 147 cm³/mol. The van der Waals surface area contributed by atoms with Crippen molar-refractivity contribution in [1.29, 1.82) is 0 Å². The molecular weight excluding hydrogens is 640 g/mol. The number of aliphatic carboxylic acids is 8. The predicted octanol–water partition coefficient (Wildman–Crippen LogP) is -6.29. The van der Waals surface area contributed by atoms with E-state index in [0.717, 1.165) is 26.2 Å². The summed E-state index contributed by atoms with van der Waals surface area (Å²) in [5, 5.41) is 103. The fourth-order valence-electron chi connectivity index (χ4n) is 1.64. The van der Waals surface area contributed by atoms with Gasteiger partial charge in [-0.25, -0.2) is 19.2 Å². The number of aliphatic hydroxyl groups is 4. The molecule has 0 spiro atoms. The summed E-state index contributed by atoms with van der Waals surface area (Å²) in [6.07, 6.45) is -10.2. The van der Waals surface area contributed by atoms with Crippen molar-refractivity contribution < 1.29 is 99.6 Å². The standard InChI is InChI=1S/C6H18N4.4C4H6O5/c7-1-3-9-5-6-10-4-2-8;4*5-2(4(8)9)1-3(6)7/h9-10H,1-8H2;4*2,5H,1H2,(H,6,7)(H,8,9). The molecule has 0 bridgehead atoms. The smallest absolute Gasteiger partial charge is 0.333 e. The van der Waals surface area contributed by atoms with E-state index in [1.165, 1.54) is 0 Å². The summed E-state index contributed by atoms with van der Waals surface area (Å²) in [6.45, 7) is 5.14. The highest BCUT2D eigenvalue weighted by atomic mass is 16.4. The van der Waals surface area contributed by atoms with E-state index < -0.39 is 97.9 Å². The Kier molecular flexibility index (Phi) is 37.0. The Morgan fingerprint density at radius 2 is 0.565 bits per heavy atom. The van der Waals surface area contributed by atoms with Crippen LogP contribution in [0.25, 0.3) is 0 Å². The zero-order chi connectivity index (χ0) is 37.4. The molecule has 0 saturated carbocycles. The van der Waals surface area contributed by atoms with Gasteiger partial charge in [0.15, 0.2) is 24.4 Å². The molecule has 0 aromatic rings. The van der Waals surface area contributed by atoms with Gasteiger partial charge < -0.3 is 83.4 Å². The fraction of sp³-hybridized carbons (Fsp3) is 0.636. The van der Waals surface area contributed by atoms with E-state index in [0.29, 0.717) is 13.1 Å². The molecule has 0 aliphatic carbocycles. The Morgan fingerprint density at radius 3 is 0.652 bits per heavy atom. The molecule has 0 heterocycles. The summed E-state index contributed by atoms with van der Waals surface area (Å²) in [7, 11) is 0. The zero-order valence-electron chi connectivity index (χ0n) is 24.2. The van der Waals surface area contributed by atoms with Crippen molar-refractivity contribution in [3.05, 3.63) is 0 Å². The number of nitrogens with two attached hydrogens (primary N) is 2. The van der Waals surface area contributed by atoms with Gasteiger partial charge >= 0.3 is 47.8 Å². The summed E-state index contributed by atoms with van der Waals surface area (Å²) in [5.41, 5.74) is 10.5. The number of aliphatic hydroxyl groups excluding tert-OH is 4. The number of carboxylic acids is 8. The fourth-order valence-corrected chi connectivity index (χ4v) is 1.64. The SMILES string of the molecule is NCCNCCNCCN.O=C(O)CC(O)C(=O)O.O=C(O)CC(O)C(=O)O.O=C(O)CC(O)C(=O)O.O=C(O)CC(O)C(=O)O. The van der Waals surface area contributed by atoms with Gasteiger partial charge in [0.05, 0.1) is 25.7 Å². The van der Waals surface area contributed by atoms with Gasteiger partial charge in [-0.15, -0.1) is 0 Å². The average molecular weight is 683 g/mol. The van der Waals surface area contributed by atoms with Crippen molar-refractivity contribution in [2.24, 2.45) is 11.5 Å². The Labute approximate surface area is 259 Å². The number of carbonyl (C=O) groups is 8. The molecule has 46 heavy (non-hydrogen) atoms. The first-order chi connectivity index (χ1) is 21.1. The number of nitrogens with one attached hydrogen (secondary N) is 2. The van der Waals surface area contributed by atoms with E-state index in [-0.39, 0.29) is 0 Å². The molecule has 4 unspecified atom stereocenters. The first-order valence-corrected chi connectivity index (χ1v) is 12.4. The first-order valence-electron chi connectivity index (χ1n) is 12.4. The highest BCUT2D eigenvalue weighted by molar-refractivity contribution is 5.80. The largest absolute Gasteiger partial charge is 0.481 e. The Hall–Kier alpha value is -4.56. The molecule has 24 nitrogen and oxygen atoms in total. The molecule has 0 amide bonds. The second-order valence-electron chi connectivity index (χ2n) is 7.88. The Balaban J connectivity index is -0.000000152. The number of rotatable bonds is 19. The molecule has 0 radical (unpaired) electrons. The van der Waals surface area contributed by atoms with Crippen LogP contribution in [0.5, 0.6) is 0 Å². The van der Waals surface area contributed by atoms with E-state index in [4.69, 9.17) is 72.7 Å². The van der Waals surface area contributed by atoms with Crippen LogP contribution in [-0.4, -0.2) is 173 Å². The summed E-state index contributed by atoms with van der Waals surface area (Å²) in [4.78, 5) is 77.6. The van der Waals surface area contributed by atoms with Crippen molar-refractivity contribution in [3.8, 4) is 0 Å². The molecular formula is C22H42N4O20. The molecule has 0 aliphatic heterocycles. The van der Waals surface area contributed by atoms with Crippen LogP contribution in [0.4, 0.5) is 0 Å². The zero-order valence-corrected chi connectivity index (χ0v) is 24.2. The molecule has 18 N–H and O–H groups in total. The lowest BCUT2D eigenvalue weighted by atomic mass is 10.3. The molecule has 24 heteroatoms. The molecule has 0 fully saturated rings. The summed E-state index contributed by atoms with van der Waals surface area (Å²) in [6, 6.07) is 0. The Bertz CT molecular complexity index is 782. The minimum absolute atomic E-state index is 0.705. The maximum Gasteiger partial charge on any atom is 0.333 e. The van der Waals surface area contributed by atoms with E-state index in [1.54, 1.807) is 0 Å². The lowest BCUT2D eigenvalue weighted by molar-refractivity contribution is -0.153. The molecule has 4 atom stereocenters. The lowest BCUT2D eigenvalue weighted by Crippen LogP contribution is -2.32. The van der Waals surface area contributed by atoms with Gasteiger partial charge in [-0.3, -0.25) is 19.2 Å². The van der Waals surface area contributed by atoms with Crippen LogP contribution in [0.15, 0.2) is 0 Å². The molecule has 0 aliphatic rings. The van der Waals surface area contributed by atoms with Crippen molar-refractivity contribution in [2.45, 2.75) is 50.1 Å². The normalized spacial score (nSPS) is 12.0. The van der Waals surface area contributed by atoms with Gasteiger partial charge in [-0.05, 0) is 0 Å². The summed E-state index contributed by atoms with van der Waals surface area (Å²) >= 11 is 0. The lowest BCUT2D eigenvalue weighted by Gasteiger charge is -2.03. The quantitative estimate of drug-likeness (QED) is 0.0563. The van der Waals surface area contributed by atoms with Crippen LogP contribution in [0.1, 0.15) is 25.7 Å². The topological polar surface area (TPSA) is 455 Å². The van der Waals surface area contributed by atoms with Crippen molar-refractivity contribution in [3.63, 3.8) is 0 Å². The minimum atomic E-state index is -1.79. The molecule has 0 saturated heterocycles.